The molecule has 0 aliphatic carbocycles. The van der Waals surface area contributed by atoms with Gasteiger partial charge in [0.2, 0.25) is 0 Å². The Labute approximate surface area is 167 Å². The minimum atomic E-state index is 0.158. The molecule has 1 aromatic carbocycles. The highest BCUT2D eigenvalue weighted by molar-refractivity contribution is 5.94. The Hall–Kier alpha value is -2.18. The summed E-state index contributed by atoms with van der Waals surface area (Å²) in [5.74, 6) is 0.158. The van der Waals surface area contributed by atoms with Crippen LogP contribution in [0.3, 0.4) is 0 Å². The first-order chi connectivity index (χ1) is 13.7. The summed E-state index contributed by atoms with van der Waals surface area (Å²) in [7, 11) is 1.81. The van der Waals surface area contributed by atoms with Gasteiger partial charge in [-0.15, -0.1) is 0 Å². The highest BCUT2D eigenvalue weighted by Crippen LogP contribution is 2.23. The predicted molar refractivity (Wildman–Crippen MR) is 108 cm³/mol. The van der Waals surface area contributed by atoms with Crippen LogP contribution in [0.2, 0.25) is 0 Å². The number of ether oxygens (including phenoxy) is 1. The van der Waals surface area contributed by atoms with E-state index in [2.05, 4.69) is 9.88 Å². The molecule has 2 aliphatic heterocycles. The van der Waals surface area contributed by atoms with Crippen LogP contribution >= 0.6 is 0 Å². The number of carbonyl (C=O) groups excluding carboxylic acids is 1. The first-order valence-corrected chi connectivity index (χ1v) is 10.3. The van der Waals surface area contributed by atoms with Gasteiger partial charge in [-0.3, -0.25) is 4.79 Å². The molecule has 3 heterocycles. The fraction of sp³-hybridized carbons (Fsp3) is 0.545. The number of carbonyl (C=O) groups is 1. The van der Waals surface area contributed by atoms with Crippen molar-refractivity contribution in [2.75, 3.05) is 33.3 Å². The number of amides is 1. The number of nitrogens with zero attached hydrogens (tertiary/aromatic N) is 4. The monoisotopic (exact) mass is 382 g/mol. The average Bonchev–Trinajstić information content (AvgIpc) is 3.27. The topological polar surface area (TPSA) is 50.6 Å². The molecule has 0 saturated carbocycles. The second kappa shape index (κ2) is 8.88. The van der Waals surface area contributed by atoms with Gasteiger partial charge in [0.1, 0.15) is 0 Å². The fourth-order valence-corrected chi connectivity index (χ4v) is 4.44. The van der Waals surface area contributed by atoms with Crippen LogP contribution in [0.4, 0.5) is 0 Å². The molecule has 6 heteroatoms. The summed E-state index contributed by atoms with van der Waals surface area (Å²) in [6, 6.07) is 8.60. The van der Waals surface area contributed by atoms with Crippen molar-refractivity contribution >= 4 is 5.91 Å². The molecule has 0 spiro atoms. The molecule has 6 nitrogen and oxygen atoms in total. The zero-order chi connectivity index (χ0) is 19.3. The van der Waals surface area contributed by atoms with Gasteiger partial charge in [0.15, 0.2) is 0 Å². The second-order valence-corrected chi connectivity index (χ2v) is 7.93. The molecule has 150 valence electrons. The molecule has 2 saturated heterocycles. The molecule has 2 fully saturated rings. The highest BCUT2D eigenvalue weighted by Gasteiger charge is 2.29. The zero-order valence-corrected chi connectivity index (χ0v) is 16.7. The average molecular weight is 383 g/mol. The van der Waals surface area contributed by atoms with Crippen LogP contribution in [0, 0.1) is 0 Å². The Kier molecular flexibility index (Phi) is 6.07. The number of rotatable bonds is 5. The maximum absolute atomic E-state index is 12.9. The minimum absolute atomic E-state index is 0.158. The van der Waals surface area contributed by atoms with Crippen molar-refractivity contribution in [3.63, 3.8) is 0 Å². The van der Waals surface area contributed by atoms with Gasteiger partial charge in [0.05, 0.1) is 12.4 Å². The lowest BCUT2D eigenvalue weighted by Crippen LogP contribution is -2.49. The van der Waals surface area contributed by atoms with Crippen molar-refractivity contribution in [1.82, 2.24) is 19.4 Å². The quantitative estimate of drug-likeness (QED) is 0.798. The fourth-order valence-electron chi connectivity index (χ4n) is 4.44. The lowest BCUT2D eigenvalue weighted by Gasteiger charge is -2.41. The summed E-state index contributed by atoms with van der Waals surface area (Å²) < 4.78 is 7.50. The maximum atomic E-state index is 12.9. The first-order valence-electron chi connectivity index (χ1n) is 10.3. The summed E-state index contributed by atoms with van der Waals surface area (Å²) in [6.45, 7) is 4.72. The van der Waals surface area contributed by atoms with Crippen molar-refractivity contribution in [1.29, 1.82) is 0 Å². The molecule has 2 aromatic rings. The number of methoxy groups -OCH3 is 1. The van der Waals surface area contributed by atoms with Gasteiger partial charge >= 0.3 is 0 Å². The molecule has 4 rings (SSSR count). The van der Waals surface area contributed by atoms with Gasteiger partial charge < -0.3 is 19.1 Å². The van der Waals surface area contributed by atoms with Gasteiger partial charge in [0, 0.05) is 63.8 Å². The zero-order valence-electron chi connectivity index (χ0n) is 16.7. The number of hydrogen-bond acceptors (Lipinski definition) is 4. The number of imidazole rings is 1. The van der Waals surface area contributed by atoms with Crippen LogP contribution in [0.25, 0.3) is 0 Å². The van der Waals surface area contributed by atoms with Crippen LogP contribution < -0.4 is 0 Å². The van der Waals surface area contributed by atoms with E-state index in [0.717, 1.165) is 64.0 Å². The molecule has 2 aliphatic rings. The van der Waals surface area contributed by atoms with Crippen LogP contribution in [-0.4, -0.2) is 70.7 Å². The van der Waals surface area contributed by atoms with E-state index >= 15 is 0 Å². The van der Waals surface area contributed by atoms with E-state index in [4.69, 9.17) is 4.74 Å². The SMILES string of the molecule is COC1CCN(C2CCN(C(=O)c3ccc(Cn4ccnc4)cc3)CC2)CC1. The van der Waals surface area contributed by atoms with E-state index in [1.165, 1.54) is 5.56 Å². The Balaban J connectivity index is 1.28. The van der Waals surface area contributed by atoms with Gasteiger partial charge in [-0.05, 0) is 43.4 Å². The Morgan fingerprint density at radius 3 is 2.39 bits per heavy atom. The van der Waals surface area contributed by atoms with Crippen LogP contribution in [0.1, 0.15) is 41.6 Å². The molecule has 1 aromatic heterocycles. The van der Waals surface area contributed by atoms with Crippen molar-refractivity contribution in [2.45, 2.75) is 44.4 Å². The number of piperidine rings is 2. The number of likely N-dealkylation sites (tertiary alicyclic amines) is 2. The van der Waals surface area contributed by atoms with E-state index in [1.54, 1.807) is 12.5 Å². The number of benzene rings is 1. The summed E-state index contributed by atoms with van der Waals surface area (Å²) in [5, 5.41) is 0. The summed E-state index contributed by atoms with van der Waals surface area (Å²) >= 11 is 0. The van der Waals surface area contributed by atoms with E-state index in [-0.39, 0.29) is 5.91 Å². The molecule has 1 amide bonds. The third kappa shape index (κ3) is 4.45. The standard InChI is InChI=1S/C22H30N4O2/c1-28-21-8-13-25(14-9-21)20-6-11-26(12-7-20)22(27)19-4-2-18(3-5-19)16-24-15-10-23-17-24/h2-5,10,15,17,20-21H,6-9,11-14,16H2,1H3. The largest absolute Gasteiger partial charge is 0.381 e. The Bertz CT molecular complexity index is 743. The second-order valence-electron chi connectivity index (χ2n) is 7.93. The number of aromatic nitrogens is 2. The van der Waals surface area contributed by atoms with Gasteiger partial charge in [-0.2, -0.15) is 0 Å². The van der Waals surface area contributed by atoms with Crippen LogP contribution in [0.5, 0.6) is 0 Å². The Morgan fingerprint density at radius 2 is 1.79 bits per heavy atom. The first kappa shape index (κ1) is 19.2. The highest BCUT2D eigenvalue weighted by atomic mass is 16.5. The Morgan fingerprint density at radius 1 is 1.07 bits per heavy atom. The lowest BCUT2D eigenvalue weighted by molar-refractivity contribution is 0.0145. The van der Waals surface area contributed by atoms with Crippen molar-refractivity contribution < 1.29 is 9.53 Å². The summed E-state index contributed by atoms with van der Waals surface area (Å²) in [5.41, 5.74) is 1.96. The lowest BCUT2D eigenvalue weighted by atomic mass is 9.98. The van der Waals surface area contributed by atoms with E-state index in [9.17, 15) is 4.79 Å². The molecular weight excluding hydrogens is 352 g/mol. The van der Waals surface area contributed by atoms with Crippen molar-refractivity contribution in [3.05, 3.63) is 54.1 Å². The molecule has 0 radical (unpaired) electrons. The van der Waals surface area contributed by atoms with Crippen molar-refractivity contribution in [3.8, 4) is 0 Å². The normalized spacial score (nSPS) is 19.8. The van der Waals surface area contributed by atoms with Gasteiger partial charge in [-0.25, -0.2) is 4.98 Å². The smallest absolute Gasteiger partial charge is 0.253 e. The molecule has 0 N–H and O–H groups in total. The van der Waals surface area contributed by atoms with Crippen molar-refractivity contribution in [2.24, 2.45) is 0 Å². The molecule has 0 bridgehead atoms. The van der Waals surface area contributed by atoms with E-state index < -0.39 is 0 Å². The van der Waals surface area contributed by atoms with E-state index in [1.807, 2.05) is 47.0 Å². The third-order valence-electron chi connectivity index (χ3n) is 6.20. The molecule has 28 heavy (non-hydrogen) atoms. The predicted octanol–water partition coefficient (Wildman–Crippen LogP) is 2.65. The number of hydrogen-bond donors (Lipinski definition) is 0. The van der Waals surface area contributed by atoms with Crippen LogP contribution in [-0.2, 0) is 11.3 Å². The summed E-state index contributed by atoms with van der Waals surface area (Å²) in [6.07, 6.45) is 10.4. The molecule has 0 unspecified atom stereocenters. The molecular formula is C22H30N4O2. The maximum Gasteiger partial charge on any atom is 0.253 e. The third-order valence-corrected chi connectivity index (χ3v) is 6.20. The minimum Gasteiger partial charge on any atom is -0.381 e. The molecule has 0 atom stereocenters. The van der Waals surface area contributed by atoms with Gasteiger partial charge in [0.25, 0.3) is 5.91 Å². The van der Waals surface area contributed by atoms with Crippen LogP contribution in [0.15, 0.2) is 43.0 Å². The summed E-state index contributed by atoms with van der Waals surface area (Å²) in [4.78, 5) is 21.6. The van der Waals surface area contributed by atoms with E-state index in [0.29, 0.717) is 12.1 Å². The van der Waals surface area contributed by atoms with Gasteiger partial charge in [-0.1, -0.05) is 12.1 Å².